The van der Waals surface area contributed by atoms with Crippen LogP contribution >= 0.6 is 23.2 Å². The number of carbonyl (C=O) groups excluding carboxylic acids is 2. The molecule has 0 aliphatic carbocycles. The molecule has 2 rings (SSSR count). The first-order valence-corrected chi connectivity index (χ1v) is 8.41. The summed E-state index contributed by atoms with van der Waals surface area (Å²) < 4.78 is 15.5. The predicted molar refractivity (Wildman–Crippen MR) is 98.2 cm³/mol. The molecule has 0 spiro atoms. The van der Waals surface area contributed by atoms with E-state index in [0.29, 0.717) is 16.3 Å². The van der Waals surface area contributed by atoms with Crippen LogP contribution in [-0.2, 0) is 9.53 Å². The van der Waals surface area contributed by atoms with Gasteiger partial charge in [0.15, 0.2) is 0 Å². The van der Waals surface area contributed by atoms with E-state index in [1.807, 2.05) is 0 Å². The van der Waals surface area contributed by atoms with Crippen LogP contribution < -0.4 is 14.8 Å². The van der Waals surface area contributed by atoms with E-state index >= 15 is 0 Å². The summed E-state index contributed by atoms with van der Waals surface area (Å²) in [5.74, 6) is 0.336. The Morgan fingerprint density at radius 1 is 0.962 bits per heavy atom. The summed E-state index contributed by atoms with van der Waals surface area (Å²) in [5.41, 5.74) is 0.301. The lowest BCUT2D eigenvalue weighted by atomic mass is 10.2. The fourth-order valence-corrected chi connectivity index (χ4v) is 2.23. The van der Waals surface area contributed by atoms with Crippen LogP contribution in [0.25, 0.3) is 0 Å². The second-order valence-electron chi connectivity index (χ2n) is 5.06. The van der Waals surface area contributed by atoms with Crippen molar-refractivity contribution in [2.75, 3.05) is 26.9 Å². The Morgan fingerprint density at radius 2 is 1.65 bits per heavy atom. The predicted octanol–water partition coefficient (Wildman–Crippen LogP) is 3.35. The first-order valence-electron chi connectivity index (χ1n) is 7.65. The van der Waals surface area contributed by atoms with Crippen molar-refractivity contribution in [1.29, 1.82) is 0 Å². The van der Waals surface area contributed by atoms with Crippen LogP contribution in [0, 0.1) is 0 Å². The Kier molecular flexibility index (Phi) is 7.56. The van der Waals surface area contributed by atoms with Gasteiger partial charge in [0.2, 0.25) is 0 Å². The highest BCUT2D eigenvalue weighted by Gasteiger charge is 2.10. The van der Waals surface area contributed by atoms with Crippen LogP contribution in [-0.4, -0.2) is 38.7 Å². The molecule has 0 radical (unpaired) electrons. The van der Waals surface area contributed by atoms with E-state index < -0.39 is 11.9 Å². The van der Waals surface area contributed by atoms with E-state index in [1.165, 1.54) is 18.2 Å². The van der Waals surface area contributed by atoms with E-state index in [9.17, 15) is 9.59 Å². The summed E-state index contributed by atoms with van der Waals surface area (Å²) in [7, 11) is 1.58. The number of hydrogen-bond acceptors (Lipinski definition) is 5. The molecular weight excluding hydrogens is 381 g/mol. The Labute approximate surface area is 160 Å². The number of halogens is 2. The highest BCUT2D eigenvalue weighted by atomic mass is 35.5. The van der Waals surface area contributed by atoms with Crippen molar-refractivity contribution in [3.05, 3.63) is 58.1 Å². The molecule has 0 atom stereocenters. The van der Waals surface area contributed by atoms with Crippen molar-refractivity contribution in [1.82, 2.24) is 5.32 Å². The Bertz CT molecular complexity index is 765. The van der Waals surface area contributed by atoms with Crippen molar-refractivity contribution in [3.63, 3.8) is 0 Å². The monoisotopic (exact) mass is 397 g/mol. The van der Waals surface area contributed by atoms with Crippen molar-refractivity contribution in [2.24, 2.45) is 0 Å². The van der Waals surface area contributed by atoms with Crippen molar-refractivity contribution >= 4 is 35.1 Å². The molecule has 2 aromatic carbocycles. The topological polar surface area (TPSA) is 73.9 Å². The summed E-state index contributed by atoms with van der Waals surface area (Å²) in [6, 6.07) is 11.5. The summed E-state index contributed by atoms with van der Waals surface area (Å²) in [6.07, 6.45) is 0. The molecule has 0 bridgehead atoms. The van der Waals surface area contributed by atoms with Gasteiger partial charge in [0.1, 0.15) is 31.3 Å². The number of carbonyl (C=O) groups is 2. The number of benzene rings is 2. The highest BCUT2D eigenvalue weighted by Crippen LogP contribution is 2.22. The lowest BCUT2D eigenvalue weighted by Crippen LogP contribution is -2.31. The maximum Gasteiger partial charge on any atom is 0.325 e. The minimum Gasteiger partial charge on any atom is -0.497 e. The highest BCUT2D eigenvalue weighted by molar-refractivity contribution is 6.42. The molecule has 0 saturated heterocycles. The molecule has 1 N–H and O–H groups in total. The number of amides is 1. The van der Waals surface area contributed by atoms with Gasteiger partial charge in [-0.2, -0.15) is 0 Å². The van der Waals surface area contributed by atoms with Gasteiger partial charge in [-0.15, -0.1) is 0 Å². The number of ether oxygens (including phenoxy) is 3. The Hall–Kier alpha value is -2.44. The zero-order chi connectivity index (χ0) is 18.9. The number of nitrogens with one attached hydrogen (secondary N) is 1. The summed E-state index contributed by atoms with van der Waals surface area (Å²) in [6.45, 7) is -0.00602. The third-order valence-electron chi connectivity index (χ3n) is 3.25. The van der Waals surface area contributed by atoms with Crippen LogP contribution in [0.2, 0.25) is 10.0 Å². The molecule has 0 heterocycles. The molecular formula is C18H17Cl2NO5. The van der Waals surface area contributed by atoms with Gasteiger partial charge in [0.05, 0.1) is 17.2 Å². The van der Waals surface area contributed by atoms with Crippen LogP contribution in [0.3, 0.4) is 0 Å². The second kappa shape index (κ2) is 9.89. The molecule has 0 aliphatic rings. The van der Waals surface area contributed by atoms with Gasteiger partial charge in [-0.25, -0.2) is 0 Å². The second-order valence-corrected chi connectivity index (χ2v) is 5.87. The van der Waals surface area contributed by atoms with Gasteiger partial charge in [-0.3, -0.25) is 9.59 Å². The molecule has 138 valence electrons. The molecule has 0 saturated carbocycles. The van der Waals surface area contributed by atoms with Gasteiger partial charge >= 0.3 is 5.97 Å². The summed E-state index contributed by atoms with van der Waals surface area (Å²) >= 11 is 11.6. The maximum absolute atomic E-state index is 11.9. The molecule has 0 fully saturated rings. The van der Waals surface area contributed by atoms with E-state index in [-0.39, 0.29) is 24.8 Å². The maximum atomic E-state index is 11.9. The molecule has 8 heteroatoms. The van der Waals surface area contributed by atoms with Gasteiger partial charge < -0.3 is 19.5 Å². The molecule has 0 aliphatic heterocycles. The standard InChI is InChI=1S/C18H17Cl2NO5/c1-24-13-3-5-14(6-4-13)25-8-9-26-17(22)11-21-18(23)12-2-7-15(19)16(20)10-12/h2-7,10H,8-9,11H2,1H3,(H,21,23). The average molecular weight is 398 g/mol. The summed E-state index contributed by atoms with van der Waals surface area (Å²) in [5, 5.41) is 3.06. The Balaban J connectivity index is 1.66. The van der Waals surface area contributed by atoms with Crippen LogP contribution in [0.4, 0.5) is 0 Å². The van der Waals surface area contributed by atoms with Gasteiger partial charge in [-0.1, -0.05) is 23.2 Å². The van der Waals surface area contributed by atoms with Gasteiger partial charge in [0.25, 0.3) is 5.91 Å². The zero-order valence-corrected chi connectivity index (χ0v) is 15.5. The molecule has 6 nitrogen and oxygen atoms in total. The van der Waals surface area contributed by atoms with Gasteiger partial charge in [-0.05, 0) is 42.5 Å². The molecule has 0 unspecified atom stereocenters. The lowest BCUT2D eigenvalue weighted by Gasteiger charge is -2.09. The van der Waals surface area contributed by atoms with Crippen molar-refractivity contribution in [2.45, 2.75) is 0 Å². The van der Waals surface area contributed by atoms with E-state index in [4.69, 9.17) is 37.4 Å². The third-order valence-corrected chi connectivity index (χ3v) is 3.99. The number of esters is 1. The fourth-order valence-electron chi connectivity index (χ4n) is 1.93. The molecule has 26 heavy (non-hydrogen) atoms. The largest absolute Gasteiger partial charge is 0.497 e. The molecule has 0 aromatic heterocycles. The van der Waals surface area contributed by atoms with E-state index in [2.05, 4.69) is 5.32 Å². The minimum absolute atomic E-state index is 0.0630. The first kappa shape index (κ1) is 19.9. The minimum atomic E-state index is -0.572. The molecule has 1 amide bonds. The normalized spacial score (nSPS) is 10.1. The number of methoxy groups -OCH3 is 1. The summed E-state index contributed by atoms with van der Waals surface area (Å²) in [4.78, 5) is 23.6. The van der Waals surface area contributed by atoms with E-state index in [0.717, 1.165) is 5.75 Å². The zero-order valence-electron chi connectivity index (χ0n) is 14.0. The van der Waals surface area contributed by atoms with Crippen LogP contribution in [0.5, 0.6) is 11.5 Å². The fraction of sp³-hybridized carbons (Fsp3) is 0.222. The third kappa shape index (κ3) is 6.13. The van der Waals surface area contributed by atoms with Crippen molar-refractivity contribution < 1.29 is 23.8 Å². The first-order chi connectivity index (χ1) is 12.5. The van der Waals surface area contributed by atoms with E-state index in [1.54, 1.807) is 31.4 Å². The number of hydrogen-bond donors (Lipinski definition) is 1. The lowest BCUT2D eigenvalue weighted by molar-refractivity contribution is -0.143. The van der Waals surface area contributed by atoms with Gasteiger partial charge in [0, 0.05) is 5.56 Å². The number of rotatable bonds is 8. The average Bonchev–Trinajstić information content (AvgIpc) is 2.66. The Morgan fingerprint density at radius 3 is 2.31 bits per heavy atom. The SMILES string of the molecule is COc1ccc(OCCOC(=O)CNC(=O)c2ccc(Cl)c(Cl)c2)cc1. The van der Waals surface area contributed by atoms with Crippen LogP contribution in [0.1, 0.15) is 10.4 Å². The smallest absolute Gasteiger partial charge is 0.325 e. The van der Waals surface area contributed by atoms with Crippen LogP contribution in [0.15, 0.2) is 42.5 Å². The quantitative estimate of drug-likeness (QED) is 0.545. The van der Waals surface area contributed by atoms with Crippen molar-refractivity contribution in [3.8, 4) is 11.5 Å². The molecule has 2 aromatic rings.